The summed E-state index contributed by atoms with van der Waals surface area (Å²) in [5, 5.41) is 16.1. The van der Waals surface area contributed by atoms with E-state index in [9.17, 15) is 23.1 Å². The molecule has 5 rings (SSSR count). The first-order chi connectivity index (χ1) is 19.0. The number of benzene rings is 3. The molecule has 0 unspecified atom stereocenters. The highest BCUT2D eigenvalue weighted by Crippen LogP contribution is 2.35. The molecule has 0 bridgehead atoms. The zero-order chi connectivity index (χ0) is 28.6. The van der Waals surface area contributed by atoms with E-state index in [-0.39, 0.29) is 24.0 Å². The van der Waals surface area contributed by atoms with Gasteiger partial charge in [-0.15, -0.1) is 24.5 Å². The first-order valence-electron chi connectivity index (χ1n) is 12.4. The zero-order valence-electron chi connectivity index (χ0n) is 21.8. The minimum absolute atomic E-state index is 0.0565. The summed E-state index contributed by atoms with van der Waals surface area (Å²) in [5.74, 6) is -0.655. The quantitative estimate of drug-likeness (QED) is 0.204. The van der Waals surface area contributed by atoms with E-state index in [1.165, 1.54) is 34.2 Å². The number of hydrogen-bond donors (Lipinski definition) is 1. The maximum atomic E-state index is 13.0. The molecule has 0 saturated carbocycles. The van der Waals surface area contributed by atoms with E-state index < -0.39 is 12.3 Å². The van der Waals surface area contributed by atoms with Crippen LogP contribution in [-0.2, 0) is 6.61 Å². The molecule has 10 heteroatoms. The van der Waals surface area contributed by atoms with Gasteiger partial charge in [-0.2, -0.15) is 5.10 Å². The maximum Gasteiger partial charge on any atom is 0.573 e. The van der Waals surface area contributed by atoms with Crippen LogP contribution in [0.25, 0.3) is 26.9 Å². The third-order valence-electron chi connectivity index (χ3n) is 6.53. The highest BCUT2D eigenvalue weighted by Gasteiger charge is 2.33. The van der Waals surface area contributed by atoms with Crippen molar-refractivity contribution in [2.24, 2.45) is 0 Å². The second kappa shape index (κ2) is 10.7. The highest BCUT2D eigenvalue weighted by molar-refractivity contribution is 7.17. The van der Waals surface area contributed by atoms with Crippen LogP contribution in [-0.4, -0.2) is 27.2 Å². The fraction of sp³-hybridized carbons (Fsp3) is 0.200. The molecule has 0 aliphatic carbocycles. The lowest BCUT2D eigenvalue weighted by atomic mass is 9.99. The van der Waals surface area contributed by atoms with Gasteiger partial charge in [0.1, 0.15) is 18.0 Å². The van der Waals surface area contributed by atoms with Gasteiger partial charge in [0.15, 0.2) is 5.75 Å². The normalized spacial score (nSPS) is 11.8. The fourth-order valence-corrected chi connectivity index (χ4v) is 5.60. The Morgan fingerprint density at radius 3 is 2.58 bits per heavy atom. The molecular formula is C30H25F3N2O4S. The number of aromatic carboxylic acids is 1. The van der Waals surface area contributed by atoms with Gasteiger partial charge < -0.3 is 14.6 Å². The lowest BCUT2D eigenvalue weighted by Gasteiger charge is -2.17. The van der Waals surface area contributed by atoms with E-state index in [2.05, 4.69) is 9.84 Å². The van der Waals surface area contributed by atoms with Crippen molar-refractivity contribution in [1.29, 1.82) is 0 Å². The number of carboxylic acid groups (broad SMARTS) is 1. The van der Waals surface area contributed by atoms with Crippen LogP contribution in [0.1, 0.15) is 46.9 Å². The van der Waals surface area contributed by atoms with Crippen molar-refractivity contribution in [2.75, 3.05) is 0 Å². The minimum atomic E-state index is -4.84. The lowest BCUT2D eigenvalue weighted by molar-refractivity contribution is -0.274. The number of hydrogen-bond acceptors (Lipinski definition) is 5. The van der Waals surface area contributed by atoms with Gasteiger partial charge in [0.25, 0.3) is 0 Å². The summed E-state index contributed by atoms with van der Waals surface area (Å²) in [6.45, 7) is 5.99. The van der Waals surface area contributed by atoms with E-state index in [0.717, 1.165) is 27.0 Å². The number of halogens is 3. The van der Waals surface area contributed by atoms with Crippen LogP contribution in [0.15, 0.2) is 72.2 Å². The Kier molecular flexibility index (Phi) is 7.29. The summed E-state index contributed by atoms with van der Waals surface area (Å²) in [5.41, 5.74) is 4.80. The number of nitrogens with zero attached hydrogens (tertiary/aromatic N) is 2. The molecule has 1 N–H and O–H groups in total. The SMILES string of the molecule is Cc1cc(OCc2c(C(C)C)cnn2-c2ccccc2OC(F)(F)F)ccc1-c1ccc2c(C(=O)O)csc2c1. The average Bonchev–Trinajstić information content (AvgIpc) is 3.51. The summed E-state index contributed by atoms with van der Waals surface area (Å²) in [6, 6.07) is 17.2. The standard InChI is InChI=1S/C30H25F3N2O4S/c1-17(2)23-14-34-35(25-6-4-5-7-27(25)39-30(31,32)33)26(23)15-38-20-9-11-21(18(3)12-20)19-8-10-22-24(29(36)37)16-40-28(22)13-19/h4-14,16-17H,15H2,1-3H3,(H,36,37). The molecule has 0 amide bonds. The second-order valence-electron chi connectivity index (χ2n) is 9.56. The van der Waals surface area contributed by atoms with Gasteiger partial charge in [-0.05, 0) is 65.4 Å². The van der Waals surface area contributed by atoms with Gasteiger partial charge in [-0.3, -0.25) is 0 Å². The minimum Gasteiger partial charge on any atom is -0.487 e. The van der Waals surface area contributed by atoms with Gasteiger partial charge >= 0.3 is 12.3 Å². The van der Waals surface area contributed by atoms with Crippen LogP contribution in [0.2, 0.25) is 0 Å². The van der Waals surface area contributed by atoms with Gasteiger partial charge in [0, 0.05) is 15.5 Å². The van der Waals surface area contributed by atoms with Crippen molar-refractivity contribution >= 4 is 27.4 Å². The Labute approximate surface area is 232 Å². The summed E-state index contributed by atoms with van der Waals surface area (Å²) in [7, 11) is 0. The predicted molar refractivity (Wildman–Crippen MR) is 148 cm³/mol. The molecule has 0 saturated heterocycles. The molecule has 5 aromatic rings. The lowest BCUT2D eigenvalue weighted by Crippen LogP contribution is -2.19. The van der Waals surface area contributed by atoms with Crippen LogP contribution < -0.4 is 9.47 Å². The molecule has 0 aliphatic heterocycles. The number of fused-ring (bicyclic) bond motifs is 1. The molecule has 206 valence electrons. The topological polar surface area (TPSA) is 73.6 Å². The van der Waals surface area contributed by atoms with E-state index in [1.807, 2.05) is 57.2 Å². The number of aryl methyl sites for hydroxylation is 1. The molecule has 0 spiro atoms. The summed E-state index contributed by atoms with van der Waals surface area (Å²) < 4.78 is 51.8. The van der Waals surface area contributed by atoms with Crippen LogP contribution in [0, 0.1) is 6.92 Å². The number of aromatic nitrogens is 2. The number of ether oxygens (including phenoxy) is 2. The van der Waals surface area contributed by atoms with Gasteiger partial charge in [-0.25, -0.2) is 9.48 Å². The number of alkyl halides is 3. The molecule has 6 nitrogen and oxygen atoms in total. The van der Waals surface area contributed by atoms with Crippen molar-refractivity contribution < 1.29 is 32.5 Å². The Bertz CT molecular complexity index is 1710. The number of para-hydroxylation sites is 2. The number of carboxylic acids is 1. The fourth-order valence-electron chi connectivity index (χ4n) is 4.63. The largest absolute Gasteiger partial charge is 0.573 e. The van der Waals surface area contributed by atoms with Crippen molar-refractivity contribution in [3.05, 3.63) is 94.6 Å². The third-order valence-corrected chi connectivity index (χ3v) is 7.48. The summed E-state index contributed by atoms with van der Waals surface area (Å²) >= 11 is 1.39. The van der Waals surface area contributed by atoms with Gasteiger partial charge in [0.2, 0.25) is 0 Å². The second-order valence-corrected chi connectivity index (χ2v) is 10.5. The average molecular weight is 567 g/mol. The number of rotatable bonds is 8. The predicted octanol–water partition coefficient (Wildman–Crippen LogP) is 8.36. The summed E-state index contributed by atoms with van der Waals surface area (Å²) in [6.07, 6.45) is -3.20. The van der Waals surface area contributed by atoms with Gasteiger partial charge in [0.05, 0.1) is 17.5 Å². The van der Waals surface area contributed by atoms with Crippen LogP contribution in [0.5, 0.6) is 11.5 Å². The first kappa shape index (κ1) is 27.3. The van der Waals surface area contributed by atoms with E-state index in [1.54, 1.807) is 17.6 Å². The monoisotopic (exact) mass is 566 g/mol. The third kappa shape index (κ3) is 5.53. The molecule has 3 aromatic carbocycles. The van der Waals surface area contributed by atoms with Gasteiger partial charge in [-0.1, -0.05) is 44.2 Å². The van der Waals surface area contributed by atoms with Crippen molar-refractivity contribution in [2.45, 2.75) is 39.7 Å². The number of thiophene rings is 1. The first-order valence-corrected chi connectivity index (χ1v) is 13.3. The van der Waals surface area contributed by atoms with Crippen LogP contribution >= 0.6 is 11.3 Å². The van der Waals surface area contributed by atoms with Crippen LogP contribution in [0.3, 0.4) is 0 Å². The smallest absolute Gasteiger partial charge is 0.487 e. The molecule has 40 heavy (non-hydrogen) atoms. The molecular weight excluding hydrogens is 541 g/mol. The molecule has 0 atom stereocenters. The highest BCUT2D eigenvalue weighted by atomic mass is 32.1. The van der Waals surface area contributed by atoms with E-state index >= 15 is 0 Å². The molecule has 0 radical (unpaired) electrons. The molecule has 2 heterocycles. The summed E-state index contributed by atoms with van der Waals surface area (Å²) in [4.78, 5) is 11.4. The Balaban J connectivity index is 1.42. The Hall–Kier alpha value is -4.31. The number of carbonyl (C=O) groups is 1. The van der Waals surface area contributed by atoms with Crippen LogP contribution in [0.4, 0.5) is 13.2 Å². The van der Waals surface area contributed by atoms with Crippen molar-refractivity contribution in [3.8, 4) is 28.3 Å². The molecule has 0 fully saturated rings. The van der Waals surface area contributed by atoms with E-state index in [4.69, 9.17) is 4.74 Å². The Morgan fingerprint density at radius 2 is 1.88 bits per heavy atom. The van der Waals surface area contributed by atoms with Crippen molar-refractivity contribution in [3.63, 3.8) is 0 Å². The molecule has 2 aromatic heterocycles. The maximum absolute atomic E-state index is 13.0. The zero-order valence-corrected chi connectivity index (χ0v) is 22.6. The Morgan fingerprint density at radius 1 is 1.10 bits per heavy atom. The van der Waals surface area contributed by atoms with Crippen molar-refractivity contribution in [1.82, 2.24) is 9.78 Å². The molecule has 0 aliphatic rings. The van der Waals surface area contributed by atoms with E-state index in [0.29, 0.717) is 22.4 Å².